The maximum Gasteiger partial charge on any atom is 0.260 e. The van der Waals surface area contributed by atoms with E-state index in [4.69, 9.17) is 9.47 Å². The van der Waals surface area contributed by atoms with Gasteiger partial charge < -0.3 is 9.47 Å². The van der Waals surface area contributed by atoms with Crippen molar-refractivity contribution in [2.24, 2.45) is 0 Å². The van der Waals surface area contributed by atoms with Gasteiger partial charge in [0.15, 0.2) is 5.75 Å². The summed E-state index contributed by atoms with van der Waals surface area (Å²) in [5.41, 5.74) is 1.16. The Balaban J connectivity index is 2.41. The Bertz CT molecular complexity index is 277. The van der Waals surface area contributed by atoms with Gasteiger partial charge in [-0.2, -0.15) is 0 Å². The molecule has 2 heterocycles. The number of halogens is 1. The van der Waals surface area contributed by atoms with Crippen molar-refractivity contribution >= 4 is 22.6 Å². The summed E-state index contributed by atoms with van der Waals surface area (Å²) in [5.74, 6) is 1.37. The second kappa shape index (κ2) is 2.84. The molecule has 1 aliphatic heterocycles. The van der Waals surface area contributed by atoms with Crippen LogP contribution in [0.5, 0.6) is 11.6 Å². The van der Waals surface area contributed by atoms with Crippen LogP contribution in [0.25, 0.3) is 0 Å². The maximum atomic E-state index is 5.15. The normalized spacial score (nSPS) is 13.5. The van der Waals surface area contributed by atoms with Gasteiger partial charge in [-0.05, 0) is 11.6 Å². The van der Waals surface area contributed by atoms with Crippen molar-refractivity contribution in [2.45, 2.75) is 4.43 Å². The van der Waals surface area contributed by atoms with Crippen molar-refractivity contribution in [3.05, 3.63) is 17.8 Å². The lowest BCUT2D eigenvalue weighted by Gasteiger charge is -1.96. The summed E-state index contributed by atoms with van der Waals surface area (Å²) in [4.78, 5) is 4.08. The molecule has 0 unspecified atom stereocenters. The van der Waals surface area contributed by atoms with Gasteiger partial charge in [-0.25, -0.2) is 4.98 Å². The monoisotopic (exact) mass is 263 g/mol. The summed E-state index contributed by atoms with van der Waals surface area (Å²) in [6.45, 7) is 0.299. The van der Waals surface area contributed by atoms with Crippen LogP contribution in [0.2, 0.25) is 0 Å². The Labute approximate surface area is 77.9 Å². The summed E-state index contributed by atoms with van der Waals surface area (Å²) in [5, 5.41) is 0. The van der Waals surface area contributed by atoms with Gasteiger partial charge in [0.2, 0.25) is 6.79 Å². The van der Waals surface area contributed by atoms with E-state index in [1.165, 1.54) is 0 Å². The van der Waals surface area contributed by atoms with E-state index in [1.54, 1.807) is 6.20 Å². The standard InChI is InChI=1S/C7H6INO2/c8-2-5-1-6-7(9-3-5)11-4-10-6/h1,3H,2,4H2. The van der Waals surface area contributed by atoms with E-state index in [2.05, 4.69) is 27.6 Å². The molecule has 0 aliphatic carbocycles. The molecule has 0 radical (unpaired) electrons. The van der Waals surface area contributed by atoms with Crippen molar-refractivity contribution in [3.8, 4) is 11.6 Å². The second-order valence-corrected chi connectivity index (χ2v) is 2.95. The van der Waals surface area contributed by atoms with Crippen molar-refractivity contribution in [1.82, 2.24) is 4.98 Å². The Morgan fingerprint density at radius 1 is 1.55 bits per heavy atom. The van der Waals surface area contributed by atoms with Crippen molar-refractivity contribution < 1.29 is 9.47 Å². The smallest absolute Gasteiger partial charge is 0.260 e. The van der Waals surface area contributed by atoms with Crippen LogP contribution in [0.1, 0.15) is 5.56 Å². The van der Waals surface area contributed by atoms with Gasteiger partial charge in [0, 0.05) is 10.6 Å². The van der Waals surface area contributed by atoms with Crippen LogP contribution in [0.15, 0.2) is 12.3 Å². The van der Waals surface area contributed by atoms with E-state index >= 15 is 0 Å². The molecule has 0 bridgehead atoms. The highest BCUT2D eigenvalue weighted by atomic mass is 127. The topological polar surface area (TPSA) is 31.4 Å². The maximum absolute atomic E-state index is 5.15. The SMILES string of the molecule is ICc1cnc2c(c1)OCO2. The van der Waals surface area contributed by atoms with Crippen molar-refractivity contribution in [3.63, 3.8) is 0 Å². The highest BCUT2D eigenvalue weighted by Crippen LogP contribution is 2.30. The lowest BCUT2D eigenvalue weighted by Crippen LogP contribution is -1.93. The first kappa shape index (κ1) is 7.15. The van der Waals surface area contributed by atoms with E-state index in [0.29, 0.717) is 12.7 Å². The molecule has 4 heteroatoms. The molecule has 1 aromatic rings. The first-order valence-corrected chi connectivity index (χ1v) is 4.73. The Morgan fingerprint density at radius 3 is 3.27 bits per heavy atom. The molecule has 0 spiro atoms. The van der Waals surface area contributed by atoms with Crippen LogP contribution < -0.4 is 9.47 Å². The van der Waals surface area contributed by atoms with Crippen molar-refractivity contribution in [2.75, 3.05) is 6.79 Å². The lowest BCUT2D eigenvalue weighted by atomic mass is 10.3. The van der Waals surface area contributed by atoms with E-state index < -0.39 is 0 Å². The molecule has 0 atom stereocenters. The molecule has 2 rings (SSSR count). The van der Waals surface area contributed by atoms with Gasteiger partial charge in [0.25, 0.3) is 5.88 Å². The number of aromatic nitrogens is 1. The molecule has 1 aromatic heterocycles. The first-order chi connectivity index (χ1) is 5.40. The van der Waals surface area contributed by atoms with E-state index in [1.807, 2.05) is 6.07 Å². The molecule has 11 heavy (non-hydrogen) atoms. The zero-order chi connectivity index (χ0) is 7.68. The minimum Gasteiger partial charge on any atom is -0.452 e. The predicted octanol–water partition coefficient (Wildman–Crippen LogP) is 1.75. The van der Waals surface area contributed by atoms with Gasteiger partial charge >= 0.3 is 0 Å². The van der Waals surface area contributed by atoms with Gasteiger partial charge in [0.05, 0.1) is 0 Å². The summed E-state index contributed by atoms with van der Waals surface area (Å²) < 4.78 is 11.2. The third-order valence-electron chi connectivity index (χ3n) is 1.44. The number of fused-ring (bicyclic) bond motifs is 1. The van der Waals surface area contributed by atoms with Crippen LogP contribution in [0.4, 0.5) is 0 Å². The number of pyridine rings is 1. The Morgan fingerprint density at radius 2 is 2.45 bits per heavy atom. The van der Waals surface area contributed by atoms with Crippen LogP contribution in [0.3, 0.4) is 0 Å². The summed E-state index contributed by atoms with van der Waals surface area (Å²) >= 11 is 2.28. The van der Waals surface area contributed by atoms with E-state index in [-0.39, 0.29) is 0 Å². The van der Waals surface area contributed by atoms with Crippen LogP contribution >= 0.6 is 22.6 Å². The third kappa shape index (κ3) is 1.26. The fraction of sp³-hybridized carbons (Fsp3) is 0.286. The Hall–Kier alpha value is -0.520. The molecule has 0 fully saturated rings. The molecular weight excluding hydrogens is 257 g/mol. The minimum atomic E-state index is 0.299. The van der Waals surface area contributed by atoms with Gasteiger partial charge in [-0.15, -0.1) is 0 Å². The molecule has 0 saturated carbocycles. The number of rotatable bonds is 1. The second-order valence-electron chi connectivity index (χ2n) is 2.19. The van der Waals surface area contributed by atoms with Crippen LogP contribution in [-0.2, 0) is 4.43 Å². The average Bonchev–Trinajstić information content (AvgIpc) is 2.50. The molecule has 0 amide bonds. The molecule has 0 aromatic carbocycles. The summed E-state index contributed by atoms with van der Waals surface area (Å²) in [6, 6.07) is 1.96. The van der Waals surface area contributed by atoms with Gasteiger partial charge in [-0.3, -0.25) is 0 Å². The fourth-order valence-corrected chi connectivity index (χ4v) is 1.32. The van der Waals surface area contributed by atoms with Crippen LogP contribution in [0, 0.1) is 0 Å². The molecule has 3 nitrogen and oxygen atoms in total. The zero-order valence-corrected chi connectivity index (χ0v) is 7.87. The first-order valence-electron chi connectivity index (χ1n) is 3.20. The third-order valence-corrected chi connectivity index (χ3v) is 2.32. The number of nitrogens with zero attached hydrogens (tertiary/aromatic N) is 1. The summed E-state index contributed by atoms with van der Waals surface area (Å²) in [7, 11) is 0. The summed E-state index contributed by atoms with van der Waals surface area (Å²) in [6.07, 6.45) is 1.81. The molecular formula is C7H6INO2. The molecule has 0 saturated heterocycles. The van der Waals surface area contributed by atoms with Crippen LogP contribution in [-0.4, -0.2) is 11.8 Å². The average molecular weight is 263 g/mol. The van der Waals surface area contributed by atoms with Crippen molar-refractivity contribution in [1.29, 1.82) is 0 Å². The lowest BCUT2D eigenvalue weighted by molar-refractivity contribution is 0.171. The number of hydrogen-bond acceptors (Lipinski definition) is 3. The molecule has 58 valence electrons. The number of alkyl halides is 1. The number of ether oxygens (including phenoxy) is 2. The largest absolute Gasteiger partial charge is 0.452 e. The predicted molar refractivity (Wildman–Crippen MR) is 48.1 cm³/mol. The highest BCUT2D eigenvalue weighted by Gasteiger charge is 2.14. The fourth-order valence-electron chi connectivity index (χ4n) is 0.906. The van der Waals surface area contributed by atoms with E-state index in [9.17, 15) is 0 Å². The van der Waals surface area contributed by atoms with Gasteiger partial charge in [0.1, 0.15) is 0 Å². The highest BCUT2D eigenvalue weighted by molar-refractivity contribution is 14.1. The van der Waals surface area contributed by atoms with E-state index in [0.717, 1.165) is 15.7 Å². The Kier molecular flexibility index (Phi) is 1.85. The zero-order valence-electron chi connectivity index (χ0n) is 5.71. The quantitative estimate of drug-likeness (QED) is 0.571. The minimum absolute atomic E-state index is 0.299. The molecule has 0 N–H and O–H groups in total. The van der Waals surface area contributed by atoms with Gasteiger partial charge in [-0.1, -0.05) is 22.6 Å². The number of hydrogen-bond donors (Lipinski definition) is 0. The molecule has 1 aliphatic rings.